The van der Waals surface area contributed by atoms with Crippen LogP contribution in [0.25, 0.3) is 0 Å². The Balaban J connectivity index is 2.31. The summed E-state index contributed by atoms with van der Waals surface area (Å²) in [7, 11) is -3.42. The van der Waals surface area contributed by atoms with Crippen molar-refractivity contribution in [3.05, 3.63) is 11.9 Å². The van der Waals surface area contributed by atoms with Crippen LogP contribution in [0.2, 0.25) is 0 Å². The molecule has 0 atom stereocenters. The van der Waals surface area contributed by atoms with Gasteiger partial charge in [0.05, 0.1) is 11.9 Å². The van der Waals surface area contributed by atoms with Crippen molar-refractivity contribution in [3.8, 4) is 0 Å². The van der Waals surface area contributed by atoms with Crippen LogP contribution in [0.3, 0.4) is 0 Å². The van der Waals surface area contributed by atoms with E-state index in [0.717, 1.165) is 0 Å². The van der Waals surface area contributed by atoms with Gasteiger partial charge in [-0.15, -0.1) is 0 Å². The molecule has 7 heteroatoms. The highest BCUT2D eigenvalue weighted by molar-refractivity contribution is 7.89. The van der Waals surface area contributed by atoms with Crippen LogP contribution in [-0.2, 0) is 10.0 Å². The van der Waals surface area contributed by atoms with Gasteiger partial charge >= 0.3 is 0 Å². The first-order valence-corrected chi connectivity index (χ1v) is 7.02. The van der Waals surface area contributed by atoms with E-state index in [1.807, 2.05) is 13.8 Å². The molecule has 0 aromatic carbocycles. The molecule has 1 aliphatic heterocycles. The van der Waals surface area contributed by atoms with Crippen LogP contribution in [0.4, 0.5) is 0 Å². The lowest BCUT2D eigenvalue weighted by Gasteiger charge is -2.38. The summed E-state index contributed by atoms with van der Waals surface area (Å²) in [6, 6.07) is 0. The zero-order valence-electron chi connectivity index (χ0n) is 10.3. The third kappa shape index (κ3) is 2.36. The number of nitrogens with zero attached hydrogens (tertiary/aromatic N) is 2. The number of aromatic amines is 1. The van der Waals surface area contributed by atoms with Gasteiger partial charge in [-0.05, 0) is 20.8 Å². The molecule has 2 rings (SSSR count). The number of piperazine rings is 1. The largest absolute Gasteiger partial charge is 0.309 e. The molecule has 1 aromatic heterocycles. The minimum Gasteiger partial charge on any atom is -0.309 e. The average Bonchev–Trinajstić information content (AvgIpc) is 2.63. The van der Waals surface area contributed by atoms with Crippen molar-refractivity contribution in [1.29, 1.82) is 0 Å². The van der Waals surface area contributed by atoms with E-state index in [4.69, 9.17) is 0 Å². The Morgan fingerprint density at radius 2 is 2.18 bits per heavy atom. The summed E-state index contributed by atoms with van der Waals surface area (Å²) >= 11 is 0. The fourth-order valence-corrected chi connectivity index (χ4v) is 3.76. The van der Waals surface area contributed by atoms with Crippen molar-refractivity contribution in [2.45, 2.75) is 31.2 Å². The average molecular weight is 258 g/mol. The maximum atomic E-state index is 12.4. The summed E-state index contributed by atoms with van der Waals surface area (Å²) < 4.78 is 26.3. The van der Waals surface area contributed by atoms with Gasteiger partial charge in [-0.3, -0.25) is 5.10 Å². The quantitative estimate of drug-likeness (QED) is 0.788. The van der Waals surface area contributed by atoms with Crippen LogP contribution < -0.4 is 5.32 Å². The molecule has 2 heterocycles. The van der Waals surface area contributed by atoms with Crippen molar-refractivity contribution in [2.24, 2.45) is 0 Å². The van der Waals surface area contributed by atoms with Crippen LogP contribution >= 0.6 is 0 Å². The molecular formula is C10H18N4O2S. The van der Waals surface area contributed by atoms with Crippen molar-refractivity contribution in [2.75, 3.05) is 19.6 Å². The van der Waals surface area contributed by atoms with Gasteiger partial charge in [0.15, 0.2) is 0 Å². The molecule has 2 N–H and O–H groups in total. The number of aryl methyl sites for hydroxylation is 1. The molecule has 1 saturated heterocycles. The number of aromatic nitrogens is 2. The first kappa shape index (κ1) is 12.5. The molecule has 0 spiro atoms. The molecule has 6 nitrogen and oxygen atoms in total. The second-order valence-electron chi connectivity index (χ2n) is 5.01. The Morgan fingerprint density at radius 1 is 1.47 bits per heavy atom. The van der Waals surface area contributed by atoms with E-state index in [-0.39, 0.29) is 10.4 Å². The topological polar surface area (TPSA) is 78.1 Å². The summed E-state index contributed by atoms with van der Waals surface area (Å²) in [5.74, 6) is 0. The maximum Gasteiger partial charge on any atom is 0.246 e. The Kier molecular flexibility index (Phi) is 3.01. The van der Waals surface area contributed by atoms with Gasteiger partial charge in [-0.1, -0.05) is 0 Å². The maximum absolute atomic E-state index is 12.4. The Bertz CT molecular complexity index is 506. The van der Waals surface area contributed by atoms with Gasteiger partial charge in [0.25, 0.3) is 0 Å². The molecule has 1 aliphatic rings. The third-order valence-corrected chi connectivity index (χ3v) is 4.90. The summed E-state index contributed by atoms with van der Waals surface area (Å²) in [6.07, 6.45) is 1.37. The molecule has 1 fully saturated rings. The minimum absolute atomic E-state index is 0.192. The zero-order valence-corrected chi connectivity index (χ0v) is 11.1. The molecule has 0 aliphatic carbocycles. The number of nitrogens with one attached hydrogen (secondary N) is 2. The highest BCUT2D eigenvalue weighted by atomic mass is 32.2. The van der Waals surface area contributed by atoms with Gasteiger partial charge in [-0.25, -0.2) is 8.42 Å². The predicted molar refractivity (Wildman–Crippen MR) is 64.2 cm³/mol. The SMILES string of the molecule is Cc1[nH]ncc1S(=O)(=O)N1CCNC(C)(C)C1. The van der Waals surface area contributed by atoms with E-state index in [0.29, 0.717) is 25.3 Å². The fourth-order valence-electron chi connectivity index (χ4n) is 2.04. The van der Waals surface area contributed by atoms with E-state index in [1.165, 1.54) is 10.5 Å². The fraction of sp³-hybridized carbons (Fsp3) is 0.700. The number of hydrogen-bond acceptors (Lipinski definition) is 4. The van der Waals surface area contributed by atoms with Crippen LogP contribution in [0.1, 0.15) is 19.5 Å². The normalized spacial score (nSPS) is 21.6. The van der Waals surface area contributed by atoms with Crippen molar-refractivity contribution < 1.29 is 8.42 Å². The van der Waals surface area contributed by atoms with E-state index in [2.05, 4.69) is 15.5 Å². The Hall–Kier alpha value is -0.920. The highest BCUT2D eigenvalue weighted by Crippen LogP contribution is 2.21. The number of sulfonamides is 1. The highest BCUT2D eigenvalue weighted by Gasteiger charge is 2.34. The molecule has 0 saturated carbocycles. The smallest absolute Gasteiger partial charge is 0.246 e. The molecule has 0 radical (unpaired) electrons. The summed E-state index contributed by atoms with van der Waals surface area (Å²) in [5, 5.41) is 9.73. The van der Waals surface area contributed by atoms with Crippen LogP contribution in [0.15, 0.2) is 11.1 Å². The summed E-state index contributed by atoms with van der Waals surface area (Å²) in [6.45, 7) is 7.35. The van der Waals surface area contributed by atoms with E-state index in [1.54, 1.807) is 6.92 Å². The molecular weight excluding hydrogens is 240 g/mol. The van der Waals surface area contributed by atoms with Crippen LogP contribution in [-0.4, -0.2) is 48.1 Å². The summed E-state index contributed by atoms with van der Waals surface area (Å²) in [4.78, 5) is 0.273. The zero-order chi connectivity index (χ0) is 12.7. The van der Waals surface area contributed by atoms with E-state index < -0.39 is 10.0 Å². The van der Waals surface area contributed by atoms with Crippen LogP contribution in [0.5, 0.6) is 0 Å². The summed E-state index contributed by atoms with van der Waals surface area (Å²) in [5.41, 5.74) is 0.393. The van der Waals surface area contributed by atoms with Gasteiger partial charge in [0.2, 0.25) is 10.0 Å². The minimum atomic E-state index is -3.42. The Morgan fingerprint density at radius 3 is 2.71 bits per heavy atom. The molecule has 17 heavy (non-hydrogen) atoms. The standard InChI is InChI=1S/C10H18N4O2S/c1-8-9(6-12-13-8)17(15,16)14-5-4-11-10(2,3)7-14/h6,11H,4-5,7H2,1-3H3,(H,12,13). The lowest BCUT2D eigenvalue weighted by Crippen LogP contribution is -2.58. The number of rotatable bonds is 2. The van der Waals surface area contributed by atoms with Crippen molar-refractivity contribution in [1.82, 2.24) is 19.8 Å². The number of hydrogen-bond donors (Lipinski definition) is 2. The Labute approximate surface area is 101 Å². The molecule has 1 aromatic rings. The molecule has 96 valence electrons. The van der Waals surface area contributed by atoms with E-state index >= 15 is 0 Å². The molecule has 0 bridgehead atoms. The van der Waals surface area contributed by atoms with Crippen molar-refractivity contribution in [3.63, 3.8) is 0 Å². The van der Waals surface area contributed by atoms with Gasteiger partial charge in [0, 0.05) is 25.2 Å². The lowest BCUT2D eigenvalue weighted by atomic mass is 10.0. The second-order valence-corrected chi connectivity index (χ2v) is 6.91. The van der Waals surface area contributed by atoms with Gasteiger partial charge in [0.1, 0.15) is 4.90 Å². The molecule has 0 amide bonds. The van der Waals surface area contributed by atoms with Crippen molar-refractivity contribution >= 4 is 10.0 Å². The van der Waals surface area contributed by atoms with Crippen LogP contribution in [0, 0.1) is 6.92 Å². The first-order valence-electron chi connectivity index (χ1n) is 5.58. The van der Waals surface area contributed by atoms with Gasteiger partial charge < -0.3 is 5.32 Å². The van der Waals surface area contributed by atoms with E-state index in [9.17, 15) is 8.42 Å². The monoisotopic (exact) mass is 258 g/mol. The number of H-pyrrole nitrogens is 1. The first-order chi connectivity index (χ1) is 7.83. The molecule has 0 unspecified atom stereocenters. The lowest BCUT2D eigenvalue weighted by molar-refractivity contribution is 0.233. The predicted octanol–water partition coefficient (Wildman–Crippen LogP) is 0.0906. The third-order valence-electron chi connectivity index (χ3n) is 2.94. The van der Waals surface area contributed by atoms with Gasteiger partial charge in [-0.2, -0.15) is 9.40 Å². The second kappa shape index (κ2) is 4.08.